The van der Waals surface area contributed by atoms with Crippen molar-refractivity contribution in [3.8, 4) is 0 Å². The zero-order valence-electron chi connectivity index (χ0n) is 20.5. The summed E-state index contributed by atoms with van der Waals surface area (Å²) in [6, 6.07) is 6.94. The van der Waals surface area contributed by atoms with Gasteiger partial charge >= 0.3 is 0 Å². The minimum atomic E-state index is -2.70. The van der Waals surface area contributed by atoms with Crippen LogP contribution in [0.15, 0.2) is 41.0 Å². The molecule has 7 nitrogen and oxygen atoms in total. The lowest BCUT2D eigenvalue weighted by Crippen LogP contribution is -2.43. The number of alkyl halides is 2. The van der Waals surface area contributed by atoms with Crippen LogP contribution in [0.25, 0.3) is 5.70 Å². The molecule has 3 rings (SSSR count). The third-order valence-electron chi connectivity index (χ3n) is 6.04. The maximum atomic E-state index is 14.0. The van der Waals surface area contributed by atoms with Gasteiger partial charge in [-0.05, 0) is 42.9 Å². The van der Waals surface area contributed by atoms with Crippen molar-refractivity contribution in [3.05, 3.63) is 63.5 Å². The lowest BCUT2D eigenvalue weighted by atomic mass is 10.0. The minimum absolute atomic E-state index is 0.0872. The van der Waals surface area contributed by atoms with E-state index in [1.54, 1.807) is 34.7 Å². The summed E-state index contributed by atoms with van der Waals surface area (Å²) in [6.45, 7) is 6.64. The van der Waals surface area contributed by atoms with Gasteiger partial charge in [0.25, 0.3) is 11.5 Å². The predicted molar refractivity (Wildman–Crippen MR) is 132 cm³/mol. The van der Waals surface area contributed by atoms with Crippen molar-refractivity contribution in [2.75, 3.05) is 25.0 Å². The highest BCUT2D eigenvalue weighted by Gasteiger charge is 2.36. The van der Waals surface area contributed by atoms with Crippen molar-refractivity contribution < 1.29 is 8.78 Å². The van der Waals surface area contributed by atoms with Crippen molar-refractivity contribution in [2.45, 2.75) is 58.9 Å². The van der Waals surface area contributed by atoms with E-state index in [4.69, 9.17) is 16.6 Å². The lowest BCUT2D eigenvalue weighted by molar-refractivity contribution is -0.0117. The molecule has 0 atom stereocenters. The van der Waals surface area contributed by atoms with Crippen molar-refractivity contribution in [3.63, 3.8) is 0 Å². The number of hydrazine groups is 1. The van der Waals surface area contributed by atoms with Crippen LogP contribution in [-0.4, -0.2) is 40.6 Å². The van der Waals surface area contributed by atoms with Gasteiger partial charge in [0.05, 0.1) is 41.6 Å². The maximum absolute atomic E-state index is 14.0. The van der Waals surface area contributed by atoms with E-state index in [-0.39, 0.29) is 25.1 Å². The van der Waals surface area contributed by atoms with Gasteiger partial charge in [-0.1, -0.05) is 26.8 Å². The van der Waals surface area contributed by atoms with Crippen molar-refractivity contribution >= 4 is 11.4 Å². The molecule has 1 fully saturated rings. The SMILES string of the molecule is CCc1nc(/C(N)=C(\Cn2cc(CC(C)C)ccc2=O)N(C)N)ccc1N1CCCC(F)(F)C1. The van der Waals surface area contributed by atoms with E-state index < -0.39 is 5.92 Å². The number of likely N-dealkylation sites (N-methyl/N-ethyl adjacent to an activating group) is 1. The summed E-state index contributed by atoms with van der Waals surface area (Å²) in [5.74, 6) is 3.86. The summed E-state index contributed by atoms with van der Waals surface area (Å²) in [5, 5.41) is 1.39. The summed E-state index contributed by atoms with van der Waals surface area (Å²) in [5.41, 5.74) is 10.2. The monoisotopic (exact) mass is 474 g/mol. The molecular formula is C25H36F2N6O. The van der Waals surface area contributed by atoms with Gasteiger partial charge < -0.3 is 20.2 Å². The van der Waals surface area contributed by atoms with Gasteiger partial charge in [0.15, 0.2) is 0 Å². The molecule has 0 amide bonds. The van der Waals surface area contributed by atoms with Crippen LogP contribution < -0.4 is 22.0 Å². The van der Waals surface area contributed by atoms with Gasteiger partial charge in [0.2, 0.25) is 0 Å². The minimum Gasteiger partial charge on any atom is -0.395 e. The average molecular weight is 475 g/mol. The highest BCUT2D eigenvalue weighted by Crippen LogP contribution is 2.32. The van der Waals surface area contributed by atoms with Crippen molar-refractivity contribution in [1.82, 2.24) is 14.6 Å². The summed E-state index contributed by atoms with van der Waals surface area (Å²) in [6.07, 6.45) is 3.61. The molecule has 0 radical (unpaired) electrons. The molecule has 1 saturated heterocycles. The van der Waals surface area contributed by atoms with Gasteiger partial charge in [-0.3, -0.25) is 4.79 Å². The molecule has 0 unspecified atom stereocenters. The van der Waals surface area contributed by atoms with E-state index in [2.05, 4.69) is 13.8 Å². The van der Waals surface area contributed by atoms with E-state index >= 15 is 0 Å². The molecule has 9 heteroatoms. The number of aromatic nitrogens is 2. The predicted octanol–water partition coefficient (Wildman–Crippen LogP) is 3.37. The Morgan fingerprint density at radius 3 is 2.62 bits per heavy atom. The topological polar surface area (TPSA) is 93.4 Å². The first-order valence-corrected chi connectivity index (χ1v) is 11.8. The molecule has 1 aliphatic heterocycles. The second-order valence-corrected chi connectivity index (χ2v) is 9.47. The second-order valence-electron chi connectivity index (χ2n) is 9.47. The van der Waals surface area contributed by atoms with Gasteiger partial charge in [0, 0.05) is 32.3 Å². The Morgan fingerprint density at radius 1 is 1.26 bits per heavy atom. The maximum Gasteiger partial charge on any atom is 0.265 e. The fraction of sp³-hybridized carbons (Fsp3) is 0.520. The van der Waals surface area contributed by atoms with E-state index in [9.17, 15) is 13.6 Å². The molecule has 0 aromatic carbocycles. The quantitative estimate of drug-likeness (QED) is 0.450. The number of piperidine rings is 1. The van der Waals surface area contributed by atoms with Gasteiger partial charge in [-0.15, -0.1) is 0 Å². The number of halogens is 2. The molecule has 4 N–H and O–H groups in total. The van der Waals surface area contributed by atoms with Gasteiger partial charge in [0.1, 0.15) is 0 Å². The molecule has 0 saturated carbocycles. The largest absolute Gasteiger partial charge is 0.395 e. The second kappa shape index (κ2) is 10.5. The van der Waals surface area contributed by atoms with Crippen molar-refractivity contribution in [1.29, 1.82) is 0 Å². The van der Waals surface area contributed by atoms with Crippen LogP contribution >= 0.6 is 0 Å². The average Bonchev–Trinajstić information content (AvgIpc) is 2.77. The van der Waals surface area contributed by atoms with E-state index in [1.165, 1.54) is 5.01 Å². The zero-order valence-corrected chi connectivity index (χ0v) is 20.5. The molecule has 34 heavy (non-hydrogen) atoms. The Kier molecular flexibility index (Phi) is 7.97. The Bertz CT molecular complexity index is 1090. The molecule has 1 aliphatic rings. The van der Waals surface area contributed by atoms with Crippen LogP contribution in [0.3, 0.4) is 0 Å². The van der Waals surface area contributed by atoms with Crippen LogP contribution in [-0.2, 0) is 19.4 Å². The Hall–Kier alpha value is -2.94. The number of rotatable bonds is 8. The standard InChI is InChI=1S/C25H36F2N6O/c1-5-19-21(32-12-6-11-25(26,27)16-32)9-8-20(30-19)24(28)22(31(4)29)15-33-14-18(13-17(2)3)7-10-23(33)34/h7-10,14,17H,5-6,11-13,15-16,28-29H2,1-4H3/b24-22-. The lowest BCUT2D eigenvalue weighted by Gasteiger charge is -2.35. The number of hydrogen-bond donors (Lipinski definition) is 2. The number of allylic oxidation sites excluding steroid dienone is 1. The number of pyridine rings is 2. The zero-order chi connectivity index (χ0) is 25.0. The first-order chi connectivity index (χ1) is 16.0. The Labute approximate surface area is 200 Å². The summed E-state index contributed by atoms with van der Waals surface area (Å²) < 4.78 is 29.5. The smallest absolute Gasteiger partial charge is 0.265 e. The number of anilines is 1. The summed E-state index contributed by atoms with van der Waals surface area (Å²) in [4.78, 5) is 18.9. The Morgan fingerprint density at radius 2 is 2.00 bits per heavy atom. The van der Waals surface area contributed by atoms with E-state index in [1.807, 2.05) is 19.2 Å². The normalized spacial score (nSPS) is 16.5. The van der Waals surface area contributed by atoms with Crippen LogP contribution in [0.4, 0.5) is 14.5 Å². The highest BCUT2D eigenvalue weighted by molar-refractivity contribution is 5.65. The molecule has 0 aliphatic carbocycles. The number of aryl methyl sites for hydroxylation is 1. The fourth-order valence-electron chi connectivity index (χ4n) is 4.36. The summed E-state index contributed by atoms with van der Waals surface area (Å²) >= 11 is 0. The highest BCUT2D eigenvalue weighted by atomic mass is 19.3. The first kappa shape index (κ1) is 25.7. The number of hydrogen-bond acceptors (Lipinski definition) is 6. The van der Waals surface area contributed by atoms with Crippen LogP contribution in [0.5, 0.6) is 0 Å². The molecule has 2 aromatic rings. The van der Waals surface area contributed by atoms with Crippen LogP contribution in [0, 0.1) is 5.92 Å². The molecule has 2 aromatic heterocycles. The molecule has 0 spiro atoms. The van der Waals surface area contributed by atoms with Crippen molar-refractivity contribution in [2.24, 2.45) is 17.5 Å². The molecule has 186 valence electrons. The molecule has 3 heterocycles. The summed E-state index contributed by atoms with van der Waals surface area (Å²) in [7, 11) is 1.66. The fourth-order valence-corrected chi connectivity index (χ4v) is 4.36. The third-order valence-corrected chi connectivity index (χ3v) is 6.04. The Balaban J connectivity index is 1.96. The van der Waals surface area contributed by atoms with Gasteiger partial charge in [-0.25, -0.2) is 19.6 Å². The number of nitrogens with zero attached hydrogens (tertiary/aromatic N) is 4. The van der Waals surface area contributed by atoms with Gasteiger partial charge in [-0.2, -0.15) is 0 Å². The van der Waals surface area contributed by atoms with E-state index in [0.29, 0.717) is 53.8 Å². The van der Waals surface area contributed by atoms with E-state index in [0.717, 1.165) is 12.0 Å². The third kappa shape index (κ3) is 6.14. The van der Waals surface area contributed by atoms with Crippen LogP contribution in [0.1, 0.15) is 50.6 Å². The van der Waals surface area contributed by atoms with Crippen LogP contribution in [0.2, 0.25) is 0 Å². The molecular weight excluding hydrogens is 438 g/mol. The number of nitrogens with two attached hydrogens (primary N) is 2. The first-order valence-electron chi connectivity index (χ1n) is 11.8. The molecule has 0 bridgehead atoms.